The lowest BCUT2D eigenvalue weighted by molar-refractivity contribution is 0.528. The Balaban J connectivity index is 1.85. The highest BCUT2D eigenvalue weighted by atomic mass is 32.2. The molecule has 0 aromatic heterocycles. The maximum atomic E-state index is 4.94. The predicted octanol–water partition coefficient (Wildman–Crippen LogP) is 3.54. The van der Waals surface area contributed by atoms with Gasteiger partial charge in [-0.25, -0.2) is 0 Å². The summed E-state index contributed by atoms with van der Waals surface area (Å²) in [4.78, 5) is 4.94. The summed E-state index contributed by atoms with van der Waals surface area (Å²) < 4.78 is 0. The summed E-state index contributed by atoms with van der Waals surface area (Å²) in [7, 11) is 0. The molecule has 0 radical (unpaired) electrons. The molecule has 1 atom stereocenters. The molecule has 1 saturated heterocycles. The van der Waals surface area contributed by atoms with E-state index in [2.05, 4.69) is 43.4 Å². The van der Waals surface area contributed by atoms with E-state index < -0.39 is 0 Å². The van der Waals surface area contributed by atoms with E-state index in [4.69, 9.17) is 4.99 Å². The minimum atomic E-state index is 0.192. The van der Waals surface area contributed by atoms with Gasteiger partial charge in [0.25, 0.3) is 0 Å². The molecule has 1 unspecified atom stereocenters. The van der Waals surface area contributed by atoms with Gasteiger partial charge in [-0.15, -0.1) is 0 Å². The fourth-order valence-corrected chi connectivity index (χ4v) is 3.80. The van der Waals surface area contributed by atoms with Gasteiger partial charge in [-0.2, -0.15) is 0 Å². The topological polar surface area (TPSA) is 24.4 Å². The van der Waals surface area contributed by atoms with Crippen molar-refractivity contribution in [3.63, 3.8) is 0 Å². The van der Waals surface area contributed by atoms with Crippen molar-refractivity contribution in [3.05, 3.63) is 35.4 Å². The molecule has 0 bridgehead atoms. The standard InChI is InChI=1S/C15H20N2S/c1-15(2)10-18-14(17-15)16-13-9-5-7-11-6-3-4-8-12(11)13/h3-4,6,8,13H,5,7,9-10H2,1-2H3,(H,16,17). The van der Waals surface area contributed by atoms with Gasteiger partial charge in [0.15, 0.2) is 5.17 Å². The number of aliphatic imine (C=N–C) groups is 1. The van der Waals surface area contributed by atoms with Crippen LogP contribution >= 0.6 is 11.8 Å². The van der Waals surface area contributed by atoms with Crippen molar-refractivity contribution in [1.29, 1.82) is 0 Å². The number of nitrogens with zero attached hydrogens (tertiary/aromatic N) is 1. The van der Waals surface area contributed by atoms with Crippen molar-refractivity contribution >= 4 is 16.9 Å². The molecule has 0 spiro atoms. The van der Waals surface area contributed by atoms with E-state index >= 15 is 0 Å². The van der Waals surface area contributed by atoms with E-state index in [1.165, 1.54) is 30.4 Å². The van der Waals surface area contributed by atoms with Crippen LogP contribution in [0.4, 0.5) is 0 Å². The molecule has 0 saturated carbocycles. The second kappa shape index (κ2) is 4.61. The minimum Gasteiger partial charge on any atom is -0.359 e. The van der Waals surface area contributed by atoms with E-state index in [9.17, 15) is 0 Å². The number of fused-ring (bicyclic) bond motifs is 1. The lowest BCUT2D eigenvalue weighted by Crippen LogP contribution is -2.37. The summed E-state index contributed by atoms with van der Waals surface area (Å²) in [6.45, 7) is 4.47. The van der Waals surface area contributed by atoms with E-state index in [1.54, 1.807) is 0 Å². The Morgan fingerprint density at radius 3 is 2.94 bits per heavy atom. The maximum Gasteiger partial charge on any atom is 0.157 e. The zero-order valence-electron chi connectivity index (χ0n) is 11.1. The molecule has 1 heterocycles. The molecule has 1 fully saturated rings. The molecule has 3 heteroatoms. The third-order valence-corrected chi connectivity index (χ3v) is 4.97. The van der Waals surface area contributed by atoms with Gasteiger partial charge in [0.1, 0.15) is 0 Å². The lowest BCUT2D eigenvalue weighted by Gasteiger charge is -2.23. The first-order chi connectivity index (χ1) is 8.64. The molecule has 1 aliphatic carbocycles. The van der Waals surface area contributed by atoms with Gasteiger partial charge >= 0.3 is 0 Å². The maximum absolute atomic E-state index is 4.94. The molecule has 1 aliphatic heterocycles. The van der Waals surface area contributed by atoms with Gasteiger partial charge in [-0.3, -0.25) is 4.99 Å². The van der Waals surface area contributed by atoms with E-state index in [-0.39, 0.29) is 5.54 Å². The Bertz CT molecular complexity index is 479. The fourth-order valence-electron chi connectivity index (χ4n) is 2.68. The number of benzene rings is 1. The second-order valence-corrected chi connectivity index (χ2v) is 6.80. The van der Waals surface area contributed by atoms with E-state index in [0.717, 1.165) is 10.9 Å². The van der Waals surface area contributed by atoms with Crippen LogP contribution in [0, 0.1) is 0 Å². The summed E-state index contributed by atoms with van der Waals surface area (Å²) in [5.74, 6) is 1.11. The van der Waals surface area contributed by atoms with Crippen LogP contribution in [0.1, 0.15) is 43.9 Å². The molecule has 3 rings (SSSR count). The summed E-state index contributed by atoms with van der Waals surface area (Å²) in [5.41, 5.74) is 3.11. The quantitative estimate of drug-likeness (QED) is 0.835. The normalized spacial score (nSPS) is 27.9. The Hall–Kier alpha value is -0.960. The largest absolute Gasteiger partial charge is 0.359 e. The number of thioether (sulfide) groups is 1. The average Bonchev–Trinajstić information content (AvgIpc) is 2.69. The molecular weight excluding hydrogens is 240 g/mol. The Labute approximate surface area is 113 Å². The SMILES string of the molecule is CC1(C)CSC(=NC2CCCc3ccccc32)N1. The van der Waals surface area contributed by atoms with Gasteiger partial charge in [-0.05, 0) is 44.2 Å². The Kier molecular flexibility index (Phi) is 3.10. The van der Waals surface area contributed by atoms with Crippen molar-refractivity contribution in [2.24, 2.45) is 4.99 Å². The third-order valence-electron chi connectivity index (χ3n) is 3.63. The first kappa shape index (κ1) is 12.1. The number of nitrogens with one attached hydrogen (secondary N) is 1. The van der Waals surface area contributed by atoms with Crippen LogP contribution in [0.15, 0.2) is 29.3 Å². The summed E-state index contributed by atoms with van der Waals surface area (Å²) in [5, 5.41) is 4.65. The van der Waals surface area contributed by atoms with Gasteiger partial charge in [0.2, 0.25) is 0 Å². The van der Waals surface area contributed by atoms with Crippen LogP contribution in [-0.2, 0) is 6.42 Å². The molecule has 2 nitrogen and oxygen atoms in total. The zero-order valence-corrected chi connectivity index (χ0v) is 11.9. The molecule has 1 aromatic carbocycles. The Morgan fingerprint density at radius 2 is 2.17 bits per heavy atom. The first-order valence-corrected chi connectivity index (χ1v) is 7.69. The predicted molar refractivity (Wildman–Crippen MR) is 79.2 cm³/mol. The highest BCUT2D eigenvalue weighted by Gasteiger charge is 2.29. The van der Waals surface area contributed by atoms with Crippen LogP contribution in [0.25, 0.3) is 0 Å². The minimum absolute atomic E-state index is 0.192. The molecule has 96 valence electrons. The first-order valence-electron chi connectivity index (χ1n) is 6.71. The third kappa shape index (κ3) is 2.41. The van der Waals surface area contributed by atoms with Crippen molar-refractivity contribution in [2.75, 3.05) is 5.75 Å². The monoisotopic (exact) mass is 260 g/mol. The Morgan fingerprint density at radius 1 is 1.33 bits per heavy atom. The molecule has 0 amide bonds. The van der Waals surface area contributed by atoms with Crippen molar-refractivity contribution in [1.82, 2.24) is 5.32 Å². The van der Waals surface area contributed by atoms with Crippen LogP contribution in [0.2, 0.25) is 0 Å². The summed E-state index contributed by atoms with van der Waals surface area (Å²) >= 11 is 1.86. The zero-order chi connectivity index (χ0) is 12.6. The molecule has 1 aromatic rings. The highest BCUT2D eigenvalue weighted by molar-refractivity contribution is 8.14. The highest BCUT2D eigenvalue weighted by Crippen LogP contribution is 2.34. The lowest BCUT2D eigenvalue weighted by atomic mass is 9.88. The summed E-state index contributed by atoms with van der Waals surface area (Å²) in [6, 6.07) is 9.13. The van der Waals surface area contributed by atoms with E-state index in [0.29, 0.717) is 6.04 Å². The van der Waals surface area contributed by atoms with Crippen LogP contribution in [0.3, 0.4) is 0 Å². The van der Waals surface area contributed by atoms with Crippen molar-refractivity contribution in [3.8, 4) is 0 Å². The molecule has 1 N–H and O–H groups in total. The van der Waals surface area contributed by atoms with Gasteiger partial charge in [0, 0.05) is 11.3 Å². The van der Waals surface area contributed by atoms with Crippen molar-refractivity contribution < 1.29 is 0 Å². The van der Waals surface area contributed by atoms with Gasteiger partial charge in [-0.1, -0.05) is 36.0 Å². The number of hydrogen-bond acceptors (Lipinski definition) is 2. The molecule has 2 aliphatic rings. The van der Waals surface area contributed by atoms with Crippen molar-refractivity contribution in [2.45, 2.75) is 44.7 Å². The summed E-state index contributed by atoms with van der Waals surface area (Å²) in [6.07, 6.45) is 3.65. The smallest absolute Gasteiger partial charge is 0.157 e. The van der Waals surface area contributed by atoms with Crippen LogP contribution < -0.4 is 5.32 Å². The number of rotatable bonds is 1. The van der Waals surface area contributed by atoms with Crippen LogP contribution in [-0.4, -0.2) is 16.5 Å². The number of hydrogen-bond donors (Lipinski definition) is 1. The number of amidine groups is 1. The fraction of sp³-hybridized carbons (Fsp3) is 0.533. The number of aryl methyl sites for hydroxylation is 1. The molecule has 18 heavy (non-hydrogen) atoms. The van der Waals surface area contributed by atoms with E-state index in [1.807, 2.05) is 11.8 Å². The average molecular weight is 260 g/mol. The molecular formula is C15H20N2S. The second-order valence-electron chi connectivity index (χ2n) is 5.84. The van der Waals surface area contributed by atoms with Gasteiger partial charge in [0.05, 0.1) is 6.04 Å². The van der Waals surface area contributed by atoms with Gasteiger partial charge < -0.3 is 5.32 Å². The van der Waals surface area contributed by atoms with Crippen LogP contribution in [0.5, 0.6) is 0 Å².